The number of amides is 4. The van der Waals surface area contributed by atoms with Crippen LogP contribution >= 0.6 is 0 Å². The van der Waals surface area contributed by atoms with Gasteiger partial charge in [-0.1, -0.05) is 63.8 Å². The van der Waals surface area contributed by atoms with Crippen LogP contribution in [-0.2, 0) is 27.1 Å². The Kier molecular flexibility index (Phi) is 11.4. The molecule has 1 saturated carbocycles. The molecule has 0 radical (unpaired) electrons. The van der Waals surface area contributed by atoms with Crippen LogP contribution < -0.4 is 27.0 Å². The van der Waals surface area contributed by atoms with Crippen molar-refractivity contribution in [2.24, 2.45) is 17.1 Å². The minimum atomic E-state index is -4.74. The quantitative estimate of drug-likeness (QED) is 0.243. The van der Waals surface area contributed by atoms with Crippen molar-refractivity contribution in [1.82, 2.24) is 16.0 Å². The van der Waals surface area contributed by atoms with Crippen molar-refractivity contribution >= 4 is 29.3 Å². The number of benzene rings is 2. The maximum absolute atomic E-state index is 13.5. The lowest BCUT2D eigenvalue weighted by atomic mass is 9.72. The van der Waals surface area contributed by atoms with Crippen LogP contribution in [-0.4, -0.2) is 42.3 Å². The second kappa shape index (κ2) is 14.4. The predicted octanol–water partition coefficient (Wildman–Crippen LogP) is 4.75. The fourth-order valence-corrected chi connectivity index (χ4v) is 5.60. The summed E-state index contributed by atoms with van der Waals surface area (Å²) in [6.45, 7) is 8.87. The number of carbonyl (C=O) groups excluding carboxylic acids is 4. The van der Waals surface area contributed by atoms with E-state index in [4.69, 9.17) is 5.73 Å². The first-order valence-corrected chi connectivity index (χ1v) is 15.1. The molecule has 246 valence electrons. The number of aryl methyl sites for hydroxylation is 2. The Hall–Kier alpha value is -3.93. The van der Waals surface area contributed by atoms with Crippen molar-refractivity contribution in [3.63, 3.8) is 0 Å². The van der Waals surface area contributed by atoms with E-state index in [0.29, 0.717) is 25.5 Å². The highest BCUT2D eigenvalue weighted by Gasteiger charge is 2.48. The van der Waals surface area contributed by atoms with Crippen molar-refractivity contribution in [2.45, 2.75) is 85.0 Å². The highest BCUT2D eigenvalue weighted by Crippen LogP contribution is 2.33. The van der Waals surface area contributed by atoms with Crippen LogP contribution in [0.1, 0.15) is 85.5 Å². The van der Waals surface area contributed by atoms with Gasteiger partial charge in [0.05, 0.1) is 23.4 Å². The zero-order chi connectivity index (χ0) is 33.6. The molecule has 9 nitrogen and oxygen atoms in total. The van der Waals surface area contributed by atoms with Gasteiger partial charge in [0.25, 0.3) is 5.91 Å². The number of alkyl halides is 3. The summed E-state index contributed by atoms with van der Waals surface area (Å²) in [4.78, 5) is 52.0. The van der Waals surface area contributed by atoms with E-state index in [1.165, 1.54) is 0 Å². The SMILES string of the molecule is Cc1ccc(CNCC(NC(=O)CNC(=O)c2cc(C(F)(F)F)ccc2NC(=O)C2CCCCC2)(C(N)=O)C(C)(C)C)c(C)c1. The summed E-state index contributed by atoms with van der Waals surface area (Å²) in [5.41, 5.74) is 4.94. The molecular formula is C33H44F3N5O4. The Labute approximate surface area is 262 Å². The van der Waals surface area contributed by atoms with Gasteiger partial charge in [-0.3, -0.25) is 19.2 Å². The summed E-state index contributed by atoms with van der Waals surface area (Å²) in [5.74, 6) is -3.24. The third-order valence-corrected chi connectivity index (χ3v) is 8.49. The molecule has 0 bridgehead atoms. The summed E-state index contributed by atoms with van der Waals surface area (Å²) in [7, 11) is 0. The van der Waals surface area contributed by atoms with E-state index in [-0.39, 0.29) is 24.1 Å². The molecular weight excluding hydrogens is 587 g/mol. The van der Waals surface area contributed by atoms with E-state index in [1.807, 2.05) is 32.0 Å². The molecule has 0 spiro atoms. The summed E-state index contributed by atoms with van der Waals surface area (Å²) in [5, 5.41) is 10.8. The third-order valence-electron chi connectivity index (χ3n) is 8.49. The predicted molar refractivity (Wildman–Crippen MR) is 166 cm³/mol. The Bertz CT molecular complexity index is 1410. The van der Waals surface area contributed by atoms with E-state index in [0.717, 1.165) is 48.1 Å². The van der Waals surface area contributed by atoms with Crippen LogP contribution in [0.15, 0.2) is 36.4 Å². The van der Waals surface area contributed by atoms with Gasteiger partial charge in [0, 0.05) is 19.0 Å². The monoisotopic (exact) mass is 631 g/mol. The normalized spacial score (nSPS) is 15.6. The molecule has 0 aliphatic heterocycles. The van der Waals surface area contributed by atoms with Crippen molar-refractivity contribution in [2.75, 3.05) is 18.4 Å². The topological polar surface area (TPSA) is 142 Å². The highest BCUT2D eigenvalue weighted by atomic mass is 19.4. The van der Waals surface area contributed by atoms with E-state index >= 15 is 0 Å². The van der Waals surface area contributed by atoms with Gasteiger partial charge < -0.3 is 27.0 Å². The average Bonchev–Trinajstić information content (AvgIpc) is 2.95. The van der Waals surface area contributed by atoms with Crippen LogP contribution in [0.25, 0.3) is 0 Å². The molecule has 0 saturated heterocycles. The van der Waals surface area contributed by atoms with Gasteiger partial charge in [-0.2, -0.15) is 13.2 Å². The molecule has 1 aliphatic rings. The van der Waals surface area contributed by atoms with Gasteiger partial charge in [0.2, 0.25) is 17.7 Å². The van der Waals surface area contributed by atoms with Crippen LogP contribution in [0, 0.1) is 25.2 Å². The first-order valence-electron chi connectivity index (χ1n) is 15.1. The minimum absolute atomic E-state index is 0.0240. The maximum Gasteiger partial charge on any atom is 0.416 e. The molecule has 0 aromatic heterocycles. The molecule has 1 aliphatic carbocycles. The fraction of sp³-hybridized carbons (Fsp3) is 0.515. The van der Waals surface area contributed by atoms with Crippen LogP contribution in [0.2, 0.25) is 0 Å². The Morgan fingerprint density at radius 2 is 1.60 bits per heavy atom. The Morgan fingerprint density at radius 1 is 0.933 bits per heavy atom. The zero-order valence-electron chi connectivity index (χ0n) is 26.5. The van der Waals surface area contributed by atoms with Crippen LogP contribution in [0.3, 0.4) is 0 Å². The maximum atomic E-state index is 13.5. The summed E-state index contributed by atoms with van der Waals surface area (Å²) >= 11 is 0. The molecule has 12 heteroatoms. The summed E-state index contributed by atoms with van der Waals surface area (Å²) in [6.07, 6.45) is -0.678. The molecule has 0 heterocycles. The average molecular weight is 632 g/mol. The number of carbonyl (C=O) groups is 4. The standard InChI is InChI=1S/C33H44F3N5O4/c1-20-11-12-23(21(2)15-20)17-38-19-32(30(37)45,31(3,4)5)41-27(42)18-39-29(44)25-16-24(33(34,35)36)13-14-26(25)40-28(43)22-9-7-6-8-10-22/h11-16,22,38H,6-10,17-19H2,1-5H3,(H2,37,45)(H,39,44)(H,40,43)(H,41,42). The van der Waals surface area contributed by atoms with Crippen molar-refractivity contribution in [3.8, 4) is 0 Å². The lowest BCUT2D eigenvalue weighted by Gasteiger charge is -2.43. The second-order valence-electron chi connectivity index (χ2n) is 12.9. The van der Waals surface area contributed by atoms with Gasteiger partial charge in [0.1, 0.15) is 5.54 Å². The summed E-state index contributed by atoms with van der Waals surface area (Å²) in [6, 6.07) is 8.44. The van der Waals surface area contributed by atoms with Gasteiger partial charge in [0.15, 0.2) is 0 Å². The molecule has 6 N–H and O–H groups in total. The largest absolute Gasteiger partial charge is 0.416 e. The smallest absolute Gasteiger partial charge is 0.368 e. The van der Waals surface area contributed by atoms with Crippen LogP contribution in [0.5, 0.6) is 0 Å². The summed E-state index contributed by atoms with van der Waals surface area (Å²) < 4.78 is 40.6. The highest BCUT2D eigenvalue weighted by molar-refractivity contribution is 6.05. The Balaban J connectivity index is 1.76. The number of rotatable bonds is 11. The first-order chi connectivity index (χ1) is 20.9. The number of hydrogen-bond donors (Lipinski definition) is 5. The number of primary amides is 1. The van der Waals surface area contributed by atoms with E-state index < -0.39 is 52.5 Å². The van der Waals surface area contributed by atoms with Gasteiger partial charge in [-0.05, 0) is 61.4 Å². The molecule has 4 amide bonds. The molecule has 1 unspecified atom stereocenters. The molecule has 1 atom stereocenters. The number of halogens is 3. The molecule has 2 aromatic rings. The van der Waals surface area contributed by atoms with Crippen molar-refractivity contribution in [1.29, 1.82) is 0 Å². The zero-order valence-corrected chi connectivity index (χ0v) is 26.5. The number of hydrogen-bond acceptors (Lipinski definition) is 5. The molecule has 1 fully saturated rings. The van der Waals surface area contributed by atoms with E-state index in [9.17, 15) is 32.3 Å². The van der Waals surface area contributed by atoms with Crippen molar-refractivity contribution in [3.05, 3.63) is 64.2 Å². The second-order valence-corrected chi connectivity index (χ2v) is 12.9. The third kappa shape index (κ3) is 9.06. The van der Waals surface area contributed by atoms with Gasteiger partial charge >= 0.3 is 6.18 Å². The number of nitrogens with two attached hydrogens (primary N) is 1. The minimum Gasteiger partial charge on any atom is -0.368 e. The van der Waals surface area contributed by atoms with E-state index in [1.54, 1.807) is 20.8 Å². The van der Waals surface area contributed by atoms with Gasteiger partial charge in [-0.15, -0.1) is 0 Å². The molecule has 2 aromatic carbocycles. The molecule has 3 rings (SSSR count). The van der Waals surface area contributed by atoms with Crippen molar-refractivity contribution < 1.29 is 32.3 Å². The number of anilines is 1. The first kappa shape index (κ1) is 35.5. The molecule has 45 heavy (non-hydrogen) atoms. The Morgan fingerprint density at radius 3 is 2.18 bits per heavy atom. The lowest BCUT2D eigenvalue weighted by Crippen LogP contribution is -2.69. The van der Waals surface area contributed by atoms with Gasteiger partial charge in [-0.25, -0.2) is 0 Å². The van der Waals surface area contributed by atoms with E-state index in [2.05, 4.69) is 21.3 Å². The van der Waals surface area contributed by atoms with Crippen LogP contribution in [0.4, 0.5) is 18.9 Å². The fourth-order valence-electron chi connectivity index (χ4n) is 5.60. The lowest BCUT2D eigenvalue weighted by molar-refractivity contribution is -0.137. The number of nitrogens with one attached hydrogen (secondary N) is 4.